The van der Waals surface area contributed by atoms with Gasteiger partial charge in [-0.1, -0.05) is 17.7 Å². The van der Waals surface area contributed by atoms with Gasteiger partial charge >= 0.3 is 6.18 Å². The van der Waals surface area contributed by atoms with Gasteiger partial charge in [-0.25, -0.2) is 15.0 Å². The van der Waals surface area contributed by atoms with Crippen LogP contribution in [-0.2, 0) is 17.2 Å². The first kappa shape index (κ1) is 19.2. The highest BCUT2D eigenvalue weighted by Gasteiger charge is 2.33. The second-order valence-electron chi connectivity index (χ2n) is 4.87. The summed E-state index contributed by atoms with van der Waals surface area (Å²) in [4.78, 5) is 15.3. The number of hydrogen-bond acceptors (Lipinski definition) is 4. The molecule has 134 valence electrons. The van der Waals surface area contributed by atoms with E-state index in [1.807, 2.05) is 5.43 Å². The van der Waals surface area contributed by atoms with Crippen LogP contribution >= 0.6 is 11.6 Å². The Labute approximate surface area is 148 Å². The third kappa shape index (κ3) is 4.47. The molecule has 0 aliphatic carbocycles. The number of aryl methyl sites for hydroxylation is 1. The van der Waals surface area contributed by atoms with Gasteiger partial charge in [-0.15, -0.1) is 0 Å². The van der Waals surface area contributed by atoms with E-state index in [1.165, 1.54) is 31.3 Å². The third-order valence-corrected chi connectivity index (χ3v) is 4.43. The molecule has 4 N–H and O–H groups in total. The molecule has 1 aromatic carbocycles. The predicted molar refractivity (Wildman–Crippen MR) is 87.1 cm³/mol. The molecule has 2 rings (SSSR count). The first-order chi connectivity index (χ1) is 11.6. The molecular formula is C14H12ClF3N4O2S. The maximum absolute atomic E-state index is 13.0. The third-order valence-electron chi connectivity index (χ3n) is 3.13. The summed E-state index contributed by atoms with van der Waals surface area (Å²) < 4.78 is 53.7. The Bertz CT molecular complexity index is 845. The fourth-order valence-electron chi connectivity index (χ4n) is 1.95. The number of benzene rings is 1. The molecule has 1 unspecified atom stereocenters. The average molecular weight is 393 g/mol. The number of hydrogen-bond donors (Lipinski definition) is 3. The SMILES string of the molecule is Cc1ccc(S(=O)Nc2cc(Cl)cnc2C(=O)NN)cc1C(F)(F)F. The van der Waals surface area contributed by atoms with E-state index in [-0.39, 0.29) is 26.9 Å². The van der Waals surface area contributed by atoms with Crippen molar-refractivity contribution < 1.29 is 22.2 Å². The summed E-state index contributed by atoms with van der Waals surface area (Å²) in [6, 6.07) is 4.53. The van der Waals surface area contributed by atoms with Crippen molar-refractivity contribution in [3.8, 4) is 0 Å². The van der Waals surface area contributed by atoms with Crippen LogP contribution in [0.2, 0.25) is 5.02 Å². The summed E-state index contributed by atoms with van der Waals surface area (Å²) >= 11 is 5.79. The number of hydrazine groups is 1. The number of anilines is 1. The Balaban J connectivity index is 2.38. The van der Waals surface area contributed by atoms with Gasteiger partial charge in [0.15, 0.2) is 5.69 Å². The molecule has 0 spiro atoms. The number of amides is 1. The second kappa shape index (κ2) is 7.38. The van der Waals surface area contributed by atoms with Crippen molar-refractivity contribution >= 4 is 34.2 Å². The number of pyridine rings is 1. The van der Waals surface area contributed by atoms with Gasteiger partial charge in [-0.05, 0) is 30.7 Å². The van der Waals surface area contributed by atoms with Gasteiger partial charge in [-0.3, -0.25) is 14.9 Å². The maximum Gasteiger partial charge on any atom is 0.416 e. The summed E-state index contributed by atoms with van der Waals surface area (Å²) in [7, 11) is -2.09. The lowest BCUT2D eigenvalue weighted by molar-refractivity contribution is -0.138. The Morgan fingerprint density at radius 3 is 2.60 bits per heavy atom. The van der Waals surface area contributed by atoms with E-state index in [0.717, 1.165) is 6.07 Å². The fourth-order valence-corrected chi connectivity index (χ4v) is 2.99. The van der Waals surface area contributed by atoms with Crippen LogP contribution in [0.15, 0.2) is 35.4 Å². The Kier molecular flexibility index (Phi) is 5.65. The van der Waals surface area contributed by atoms with Crippen molar-refractivity contribution in [2.24, 2.45) is 5.84 Å². The van der Waals surface area contributed by atoms with Crippen molar-refractivity contribution in [2.75, 3.05) is 4.72 Å². The van der Waals surface area contributed by atoms with Crippen LogP contribution in [-0.4, -0.2) is 15.1 Å². The van der Waals surface area contributed by atoms with Gasteiger partial charge in [0.1, 0.15) is 11.0 Å². The zero-order valence-electron chi connectivity index (χ0n) is 12.6. The van der Waals surface area contributed by atoms with Gasteiger partial charge in [0.05, 0.1) is 21.2 Å². The van der Waals surface area contributed by atoms with E-state index in [1.54, 1.807) is 0 Å². The number of nitrogens with zero attached hydrogens (tertiary/aromatic N) is 1. The van der Waals surface area contributed by atoms with Crippen molar-refractivity contribution in [3.63, 3.8) is 0 Å². The molecule has 1 heterocycles. The summed E-state index contributed by atoms with van der Waals surface area (Å²) in [5.41, 5.74) is 0.716. The van der Waals surface area contributed by atoms with Crippen LogP contribution in [0.4, 0.5) is 18.9 Å². The molecule has 1 atom stereocenters. The summed E-state index contributed by atoms with van der Waals surface area (Å²) in [6.45, 7) is 1.30. The summed E-state index contributed by atoms with van der Waals surface area (Å²) in [6.07, 6.45) is -3.40. The highest BCUT2D eigenvalue weighted by Crippen LogP contribution is 2.33. The molecule has 0 aliphatic heterocycles. The molecule has 0 saturated carbocycles. The van der Waals surface area contributed by atoms with Crippen molar-refractivity contribution in [3.05, 3.63) is 52.3 Å². The van der Waals surface area contributed by atoms with Crippen molar-refractivity contribution in [2.45, 2.75) is 18.0 Å². The second-order valence-corrected chi connectivity index (χ2v) is 6.52. The Morgan fingerprint density at radius 2 is 2.00 bits per heavy atom. The first-order valence-corrected chi connectivity index (χ1v) is 8.19. The quantitative estimate of drug-likeness (QED) is 0.423. The average Bonchev–Trinajstić information content (AvgIpc) is 2.53. The highest BCUT2D eigenvalue weighted by atomic mass is 35.5. The fraction of sp³-hybridized carbons (Fsp3) is 0.143. The number of aromatic nitrogens is 1. The summed E-state index contributed by atoms with van der Waals surface area (Å²) in [5, 5.41) is 0.132. The van der Waals surface area contributed by atoms with Crippen LogP contribution in [0, 0.1) is 6.92 Å². The molecule has 1 aromatic heterocycles. The number of nitrogen functional groups attached to an aromatic ring is 1. The van der Waals surface area contributed by atoms with Gasteiger partial charge in [0, 0.05) is 6.20 Å². The van der Waals surface area contributed by atoms with Crippen LogP contribution in [0.25, 0.3) is 0 Å². The van der Waals surface area contributed by atoms with Gasteiger partial charge in [0.2, 0.25) is 0 Å². The lowest BCUT2D eigenvalue weighted by Crippen LogP contribution is -2.31. The van der Waals surface area contributed by atoms with Gasteiger partial charge < -0.3 is 0 Å². The lowest BCUT2D eigenvalue weighted by atomic mass is 10.1. The number of halogens is 4. The van der Waals surface area contributed by atoms with E-state index >= 15 is 0 Å². The molecule has 1 amide bonds. The number of nitrogens with one attached hydrogen (secondary N) is 2. The van der Waals surface area contributed by atoms with Crippen molar-refractivity contribution in [1.82, 2.24) is 10.4 Å². The minimum Gasteiger partial charge on any atom is -0.299 e. The standard InChI is InChI=1S/C14H12ClF3N4O2S/c1-7-2-3-9(5-10(7)14(16,17)18)25(24)22-11-4-8(15)6-20-12(11)13(23)21-19/h2-6,22H,19H2,1H3,(H,21,23). The van der Waals surface area contributed by atoms with Gasteiger partial charge in [0.25, 0.3) is 5.91 Å². The van der Waals surface area contributed by atoms with Crippen LogP contribution in [0.3, 0.4) is 0 Å². The van der Waals surface area contributed by atoms with Crippen LogP contribution in [0.5, 0.6) is 0 Å². The largest absolute Gasteiger partial charge is 0.416 e. The number of nitrogens with two attached hydrogens (primary N) is 1. The van der Waals surface area contributed by atoms with E-state index < -0.39 is 28.6 Å². The minimum atomic E-state index is -4.58. The van der Waals surface area contributed by atoms with E-state index in [2.05, 4.69) is 9.71 Å². The zero-order chi connectivity index (χ0) is 18.8. The van der Waals surface area contributed by atoms with E-state index in [9.17, 15) is 22.2 Å². The Hall–Kier alpha value is -2.17. The van der Waals surface area contributed by atoms with Gasteiger partial charge in [-0.2, -0.15) is 13.2 Å². The van der Waals surface area contributed by atoms with Crippen LogP contribution in [0.1, 0.15) is 21.6 Å². The smallest absolute Gasteiger partial charge is 0.299 e. The first-order valence-electron chi connectivity index (χ1n) is 6.66. The Morgan fingerprint density at radius 1 is 1.32 bits per heavy atom. The molecule has 11 heteroatoms. The zero-order valence-corrected chi connectivity index (χ0v) is 14.2. The molecule has 0 fully saturated rings. The molecule has 6 nitrogen and oxygen atoms in total. The number of carbonyl (C=O) groups is 1. The minimum absolute atomic E-state index is 0.000806. The molecule has 0 radical (unpaired) electrons. The topological polar surface area (TPSA) is 97.1 Å². The number of alkyl halides is 3. The van der Waals surface area contributed by atoms with Crippen molar-refractivity contribution in [1.29, 1.82) is 0 Å². The number of rotatable bonds is 4. The molecule has 0 aliphatic rings. The normalized spacial score (nSPS) is 12.6. The molecule has 0 bridgehead atoms. The molecule has 0 saturated heterocycles. The van der Waals surface area contributed by atoms with Crippen LogP contribution < -0.4 is 16.0 Å². The number of carbonyl (C=O) groups excluding carboxylic acids is 1. The molecular weight excluding hydrogens is 381 g/mol. The van der Waals surface area contributed by atoms with E-state index in [0.29, 0.717) is 0 Å². The predicted octanol–water partition coefficient (Wildman–Crippen LogP) is 2.80. The van der Waals surface area contributed by atoms with E-state index in [4.69, 9.17) is 17.4 Å². The molecule has 2 aromatic rings. The maximum atomic E-state index is 13.0. The molecule has 25 heavy (non-hydrogen) atoms. The highest BCUT2D eigenvalue weighted by molar-refractivity contribution is 7.86. The monoisotopic (exact) mass is 392 g/mol. The lowest BCUT2D eigenvalue weighted by Gasteiger charge is -2.13. The summed E-state index contributed by atoms with van der Waals surface area (Å²) in [5.74, 6) is 4.25.